The number of aromatic carboxylic acids is 1. The highest BCUT2D eigenvalue weighted by Crippen LogP contribution is 2.28. The van der Waals surface area contributed by atoms with Gasteiger partial charge >= 0.3 is 5.97 Å². The van der Waals surface area contributed by atoms with Gasteiger partial charge in [-0.3, -0.25) is 0 Å². The summed E-state index contributed by atoms with van der Waals surface area (Å²) < 4.78 is 32.1. The highest BCUT2D eigenvalue weighted by Gasteiger charge is 2.35. The molecule has 116 valence electrons. The van der Waals surface area contributed by atoms with Crippen molar-refractivity contribution < 1.29 is 28.2 Å². The average molecular weight is 315 g/mol. The van der Waals surface area contributed by atoms with Crippen molar-refractivity contribution in [3.05, 3.63) is 23.3 Å². The van der Waals surface area contributed by atoms with E-state index in [1.807, 2.05) is 6.92 Å². The van der Waals surface area contributed by atoms with Crippen LogP contribution in [0.4, 0.5) is 0 Å². The molecule has 1 aliphatic heterocycles. The summed E-state index contributed by atoms with van der Waals surface area (Å²) in [6.07, 6.45) is 0. The number of sulfonamides is 1. The van der Waals surface area contributed by atoms with Gasteiger partial charge in [0.25, 0.3) is 0 Å². The Kier molecular flexibility index (Phi) is 3.96. The third kappa shape index (κ3) is 3.17. The molecule has 0 radical (unpaired) electrons. The molecule has 0 unspecified atom stereocenters. The molecule has 0 aromatic heterocycles. The van der Waals surface area contributed by atoms with Gasteiger partial charge in [-0.05, 0) is 24.6 Å². The normalized spacial score (nSPS) is 17.2. The number of nitrogens with one attached hydrogen (secondary N) is 1. The quantitative estimate of drug-likeness (QED) is 0.737. The van der Waals surface area contributed by atoms with Crippen molar-refractivity contribution in [2.24, 2.45) is 5.41 Å². The first kappa shape index (κ1) is 15.7. The van der Waals surface area contributed by atoms with E-state index in [0.717, 1.165) is 12.1 Å². The van der Waals surface area contributed by atoms with Gasteiger partial charge in [0, 0.05) is 12.0 Å². The van der Waals surface area contributed by atoms with E-state index in [1.165, 1.54) is 6.92 Å². The number of ether oxygens (including phenoxy) is 1. The molecule has 1 aromatic rings. The number of aromatic hydroxyl groups is 1. The molecule has 0 bridgehead atoms. The Morgan fingerprint density at radius 2 is 2.05 bits per heavy atom. The van der Waals surface area contributed by atoms with Crippen molar-refractivity contribution >= 4 is 16.0 Å². The van der Waals surface area contributed by atoms with Crippen molar-refractivity contribution in [1.29, 1.82) is 0 Å². The molecule has 8 heteroatoms. The zero-order chi connectivity index (χ0) is 15.8. The van der Waals surface area contributed by atoms with E-state index in [4.69, 9.17) is 9.84 Å². The second-order valence-corrected chi connectivity index (χ2v) is 7.30. The number of hydrogen-bond donors (Lipinski definition) is 3. The summed E-state index contributed by atoms with van der Waals surface area (Å²) in [5.41, 5.74) is -0.410. The number of carbonyl (C=O) groups is 1. The van der Waals surface area contributed by atoms with Gasteiger partial charge in [-0.25, -0.2) is 17.9 Å². The van der Waals surface area contributed by atoms with Gasteiger partial charge in [-0.2, -0.15) is 0 Å². The first-order chi connectivity index (χ1) is 9.65. The van der Waals surface area contributed by atoms with Crippen LogP contribution >= 0.6 is 0 Å². The van der Waals surface area contributed by atoms with Gasteiger partial charge in [-0.1, -0.05) is 6.92 Å². The molecule has 1 saturated heterocycles. The lowest BCUT2D eigenvalue weighted by molar-refractivity contribution is -0.0965. The fourth-order valence-electron chi connectivity index (χ4n) is 2.03. The average Bonchev–Trinajstić information content (AvgIpc) is 2.33. The highest BCUT2D eigenvalue weighted by molar-refractivity contribution is 7.89. The summed E-state index contributed by atoms with van der Waals surface area (Å²) in [5, 5.41) is 18.5. The molecule has 1 aromatic carbocycles. The van der Waals surface area contributed by atoms with Gasteiger partial charge in [0.1, 0.15) is 11.3 Å². The van der Waals surface area contributed by atoms with E-state index < -0.39 is 27.3 Å². The molecule has 0 saturated carbocycles. The van der Waals surface area contributed by atoms with Gasteiger partial charge in [0.15, 0.2) is 0 Å². The van der Waals surface area contributed by atoms with E-state index in [0.29, 0.717) is 13.2 Å². The molecule has 1 aliphatic rings. The Balaban J connectivity index is 2.30. The van der Waals surface area contributed by atoms with Crippen LogP contribution in [-0.2, 0) is 14.8 Å². The Labute approximate surface area is 122 Å². The number of carboxylic acids is 1. The molecule has 1 fully saturated rings. The summed E-state index contributed by atoms with van der Waals surface area (Å²) in [7, 11) is -3.85. The van der Waals surface area contributed by atoms with Crippen LogP contribution in [0, 0.1) is 12.3 Å². The second-order valence-electron chi connectivity index (χ2n) is 5.57. The van der Waals surface area contributed by atoms with Crippen molar-refractivity contribution in [3.8, 4) is 5.75 Å². The number of phenols is 1. The summed E-state index contributed by atoms with van der Waals surface area (Å²) in [6.45, 7) is 4.55. The number of carboxylic acid groups (broad SMARTS) is 1. The number of hydrogen-bond acceptors (Lipinski definition) is 5. The summed E-state index contributed by atoms with van der Waals surface area (Å²) in [5.74, 6) is -1.85. The van der Waals surface area contributed by atoms with Gasteiger partial charge in [-0.15, -0.1) is 0 Å². The Bertz CT molecular complexity index is 678. The monoisotopic (exact) mass is 315 g/mol. The van der Waals surface area contributed by atoms with Gasteiger partial charge < -0.3 is 14.9 Å². The zero-order valence-corrected chi connectivity index (χ0v) is 12.5. The minimum atomic E-state index is -3.85. The van der Waals surface area contributed by atoms with E-state index in [1.54, 1.807) is 0 Å². The van der Waals surface area contributed by atoms with Crippen molar-refractivity contribution in [2.45, 2.75) is 18.7 Å². The molecule has 1 heterocycles. The van der Waals surface area contributed by atoms with Gasteiger partial charge in [0.05, 0.1) is 18.1 Å². The van der Waals surface area contributed by atoms with E-state index in [9.17, 15) is 18.3 Å². The van der Waals surface area contributed by atoms with E-state index in [-0.39, 0.29) is 22.4 Å². The molecule has 0 aliphatic carbocycles. The lowest BCUT2D eigenvalue weighted by Gasteiger charge is -2.37. The first-order valence-electron chi connectivity index (χ1n) is 6.29. The Hall–Kier alpha value is -1.64. The van der Waals surface area contributed by atoms with Crippen LogP contribution < -0.4 is 4.72 Å². The third-order valence-electron chi connectivity index (χ3n) is 3.40. The fraction of sp³-hybridized carbons (Fsp3) is 0.462. The predicted octanol–water partition coefficient (Wildman–Crippen LogP) is 0.714. The van der Waals surface area contributed by atoms with Crippen LogP contribution in [-0.4, -0.2) is 44.4 Å². The topological polar surface area (TPSA) is 113 Å². The fourth-order valence-corrected chi connectivity index (χ4v) is 3.48. The largest absolute Gasteiger partial charge is 0.507 e. The predicted molar refractivity (Wildman–Crippen MR) is 73.9 cm³/mol. The molecular weight excluding hydrogens is 298 g/mol. The number of rotatable bonds is 5. The SMILES string of the molecule is Cc1cc(O)c(C(=O)O)cc1S(=O)(=O)NCC1(C)COC1. The van der Waals surface area contributed by atoms with Crippen LogP contribution in [0.25, 0.3) is 0 Å². The van der Waals surface area contributed by atoms with Crippen LogP contribution in [0.5, 0.6) is 5.75 Å². The molecule has 21 heavy (non-hydrogen) atoms. The van der Waals surface area contributed by atoms with Crippen LogP contribution in [0.2, 0.25) is 0 Å². The van der Waals surface area contributed by atoms with E-state index >= 15 is 0 Å². The van der Waals surface area contributed by atoms with Crippen LogP contribution in [0.1, 0.15) is 22.8 Å². The van der Waals surface area contributed by atoms with Gasteiger partial charge in [0.2, 0.25) is 10.0 Å². The highest BCUT2D eigenvalue weighted by atomic mass is 32.2. The van der Waals surface area contributed by atoms with Crippen molar-refractivity contribution in [2.75, 3.05) is 19.8 Å². The molecular formula is C13H17NO6S. The summed E-state index contributed by atoms with van der Waals surface area (Å²) in [6, 6.07) is 2.10. The number of benzene rings is 1. The zero-order valence-electron chi connectivity index (χ0n) is 11.7. The molecule has 2 rings (SSSR count). The maximum atomic E-state index is 12.3. The molecule has 7 nitrogen and oxygen atoms in total. The summed E-state index contributed by atoms with van der Waals surface area (Å²) >= 11 is 0. The van der Waals surface area contributed by atoms with Crippen molar-refractivity contribution in [1.82, 2.24) is 4.72 Å². The maximum absolute atomic E-state index is 12.3. The second kappa shape index (κ2) is 5.28. The standard InChI is InChI=1S/C13H17NO6S/c1-8-3-10(15)9(12(16)17)4-11(8)21(18,19)14-5-13(2)6-20-7-13/h3-4,14-15H,5-7H2,1-2H3,(H,16,17). The molecule has 0 atom stereocenters. The molecule has 3 N–H and O–H groups in total. The third-order valence-corrected chi connectivity index (χ3v) is 4.95. The first-order valence-corrected chi connectivity index (χ1v) is 7.77. The lowest BCUT2D eigenvalue weighted by atomic mass is 9.89. The van der Waals surface area contributed by atoms with E-state index in [2.05, 4.69) is 4.72 Å². The maximum Gasteiger partial charge on any atom is 0.339 e. The minimum Gasteiger partial charge on any atom is -0.507 e. The van der Waals surface area contributed by atoms with Crippen LogP contribution in [0.15, 0.2) is 17.0 Å². The van der Waals surface area contributed by atoms with Crippen LogP contribution in [0.3, 0.4) is 0 Å². The number of aryl methyl sites for hydroxylation is 1. The molecule has 0 amide bonds. The Morgan fingerprint density at radius 1 is 1.43 bits per heavy atom. The Morgan fingerprint density at radius 3 is 2.52 bits per heavy atom. The summed E-state index contributed by atoms with van der Waals surface area (Å²) in [4.78, 5) is 10.8. The molecule has 0 spiro atoms. The van der Waals surface area contributed by atoms with Crippen molar-refractivity contribution in [3.63, 3.8) is 0 Å². The minimum absolute atomic E-state index is 0.151. The lowest BCUT2D eigenvalue weighted by Crippen LogP contribution is -2.48. The smallest absolute Gasteiger partial charge is 0.339 e.